The van der Waals surface area contributed by atoms with Crippen molar-refractivity contribution in [3.05, 3.63) is 30.3 Å². The number of amides is 2. The lowest BCUT2D eigenvalue weighted by atomic mass is 10.1. The third kappa shape index (κ3) is 4.53. The highest BCUT2D eigenvalue weighted by Gasteiger charge is 2.28. The molecule has 2 amide bonds. The highest BCUT2D eigenvalue weighted by atomic mass is 16.2. The normalized spacial score (nSPS) is 22.0. The standard InChI is InChI=1S/C20H29N3O2/c1-17-16-22(18-8-4-2-5-9-18)14-15-23(17)20(25)11-13-21-12-7-3-6-10-19(21)24/h2,4-5,8-9,17H,3,6-7,10-16H2,1H3/t17-/m1/s1. The van der Waals surface area contributed by atoms with Gasteiger partial charge in [0.2, 0.25) is 11.8 Å². The Morgan fingerprint density at radius 2 is 1.88 bits per heavy atom. The van der Waals surface area contributed by atoms with E-state index in [-0.39, 0.29) is 17.9 Å². The number of carbonyl (C=O) groups is 2. The van der Waals surface area contributed by atoms with Gasteiger partial charge in [0.05, 0.1) is 0 Å². The summed E-state index contributed by atoms with van der Waals surface area (Å²) in [4.78, 5) is 30.9. The maximum atomic E-state index is 12.7. The number of para-hydroxylation sites is 1. The summed E-state index contributed by atoms with van der Waals surface area (Å²) >= 11 is 0. The lowest BCUT2D eigenvalue weighted by molar-refractivity contribution is -0.135. The zero-order valence-electron chi connectivity index (χ0n) is 15.2. The monoisotopic (exact) mass is 343 g/mol. The van der Waals surface area contributed by atoms with Gasteiger partial charge in [0.1, 0.15) is 0 Å². The van der Waals surface area contributed by atoms with E-state index in [0.29, 0.717) is 19.4 Å². The Balaban J connectivity index is 1.50. The average molecular weight is 343 g/mol. The number of carbonyl (C=O) groups excluding carboxylic acids is 2. The van der Waals surface area contributed by atoms with Crippen LogP contribution in [0.25, 0.3) is 0 Å². The van der Waals surface area contributed by atoms with E-state index in [1.54, 1.807) is 0 Å². The van der Waals surface area contributed by atoms with E-state index < -0.39 is 0 Å². The van der Waals surface area contributed by atoms with Crippen LogP contribution in [0, 0.1) is 0 Å². The smallest absolute Gasteiger partial charge is 0.224 e. The summed E-state index contributed by atoms with van der Waals surface area (Å²) in [5.74, 6) is 0.393. The van der Waals surface area contributed by atoms with Gasteiger partial charge in [0.25, 0.3) is 0 Å². The zero-order chi connectivity index (χ0) is 17.6. The van der Waals surface area contributed by atoms with Crippen molar-refractivity contribution in [2.45, 2.75) is 45.1 Å². The Hall–Kier alpha value is -2.04. The number of nitrogens with zero attached hydrogens (tertiary/aromatic N) is 3. The molecule has 2 aliphatic rings. The van der Waals surface area contributed by atoms with Crippen LogP contribution in [0.15, 0.2) is 30.3 Å². The molecule has 0 N–H and O–H groups in total. The molecule has 25 heavy (non-hydrogen) atoms. The molecule has 5 heteroatoms. The van der Waals surface area contributed by atoms with Gasteiger partial charge in [-0.3, -0.25) is 9.59 Å². The number of hydrogen-bond donors (Lipinski definition) is 0. The van der Waals surface area contributed by atoms with E-state index in [4.69, 9.17) is 0 Å². The van der Waals surface area contributed by atoms with Crippen LogP contribution in [-0.2, 0) is 9.59 Å². The molecule has 2 saturated heterocycles. The largest absolute Gasteiger partial charge is 0.368 e. The molecule has 2 aliphatic heterocycles. The number of benzene rings is 1. The molecule has 1 aromatic carbocycles. The first-order valence-electron chi connectivity index (χ1n) is 9.52. The second-order valence-corrected chi connectivity index (χ2v) is 7.16. The molecule has 2 heterocycles. The van der Waals surface area contributed by atoms with Crippen molar-refractivity contribution >= 4 is 17.5 Å². The average Bonchev–Trinajstić information content (AvgIpc) is 2.84. The minimum absolute atomic E-state index is 0.178. The van der Waals surface area contributed by atoms with Crippen LogP contribution in [0.4, 0.5) is 5.69 Å². The molecular weight excluding hydrogens is 314 g/mol. The van der Waals surface area contributed by atoms with Gasteiger partial charge < -0.3 is 14.7 Å². The molecule has 0 aromatic heterocycles. The summed E-state index contributed by atoms with van der Waals surface area (Å²) in [7, 11) is 0. The lowest BCUT2D eigenvalue weighted by Crippen LogP contribution is -2.54. The van der Waals surface area contributed by atoms with Crippen molar-refractivity contribution in [1.29, 1.82) is 0 Å². The zero-order valence-corrected chi connectivity index (χ0v) is 15.2. The topological polar surface area (TPSA) is 43.9 Å². The fourth-order valence-electron chi connectivity index (χ4n) is 3.85. The van der Waals surface area contributed by atoms with Crippen molar-refractivity contribution in [1.82, 2.24) is 9.80 Å². The Labute approximate surface area is 150 Å². The summed E-state index contributed by atoms with van der Waals surface area (Å²) in [5.41, 5.74) is 1.22. The molecule has 0 unspecified atom stereocenters. The third-order valence-corrected chi connectivity index (χ3v) is 5.34. The highest BCUT2D eigenvalue weighted by molar-refractivity contribution is 5.79. The van der Waals surface area contributed by atoms with E-state index in [0.717, 1.165) is 45.4 Å². The highest BCUT2D eigenvalue weighted by Crippen LogP contribution is 2.19. The SMILES string of the molecule is C[C@@H]1CN(c2ccccc2)CCN1C(=O)CCN1CCCCCC1=O. The summed E-state index contributed by atoms with van der Waals surface area (Å²) < 4.78 is 0. The summed E-state index contributed by atoms with van der Waals surface area (Å²) in [5, 5.41) is 0. The van der Waals surface area contributed by atoms with Gasteiger partial charge in [-0.25, -0.2) is 0 Å². The van der Waals surface area contributed by atoms with Crippen LogP contribution >= 0.6 is 0 Å². The predicted molar refractivity (Wildman–Crippen MR) is 99.5 cm³/mol. The minimum Gasteiger partial charge on any atom is -0.368 e. The van der Waals surface area contributed by atoms with Crippen LogP contribution in [-0.4, -0.2) is 60.4 Å². The van der Waals surface area contributed by atoms with Crippen molar-refractivity contribution < 1.29 is 9.59 Å². The Morgan fingerprint density at radius 1 is 1.08 bits per heavy atom. The summed E-state index contributed by atoms with van der Waals surface area (Å²) in [6, 6.07) is 10.6. The molecule has 1 aromatic rings. The predicted octanol–water partition coefficient (Wildman–Crippen LogP) is 2.52. The van der Waals surface area contributed by atoms with Crippen LogP contribution in [0.5, 0.6) is 0 Å². The fourth-order valence-corrected chi connectivity index (χ4v) is 3.85. The first-order chi connectivity index (χ1) is 12.1. The third-order valence-electron chi connectivity index (χ3n) is 5.34. The number of likely N-dealkylation sites (tertiary alicyclic amines) is 1. The van der Waals surface area contributed by atoms with E-state index in [1.165, 1.54) is 5.69 Å². The molecule has 0 radical (unpaired) electrons. The second-order valence-electron chi connectivity index (χ2n) is 7.16. The van der Waals surface area contributed by atoms with Crippen LogP contribution < -0.4 is 4.90 Å². The maximum absolute atomic E-state index is 12.7. The van der Waals surface area contributed by atoms with E-state index in [9.17, 15) is 9.59 Å². The Kier molecular flexibility index (Phi) is 5.95. The van der Waals surface area contributed by atoms with Gasteiger partial charge in [-0.1, -0.05) is 24.6 Å². The van der Waals surface area contributed by atoms with Crippen LogP contribution in [0.1, 0.15) is 39.0 Å². The molecule has 2 fully saturated rings. The number of rotatable bonds is 4. The Morgan fingerprint density at radius 3 is 2.64 bits per heavy atom. The van der Waals surface area contributed by atoms with Crippen LogP contribution in [0.2, 0.25) is 0 Å². The Bertz CT molecular complexity index is 590. The van der Waals surface area contributed by atoms with Gasteiger partial charge in [-0.2, -0.15) is 0 Å². The first-order valence-corrected chi connectivity index (χ1v) is 9.52. The number of anilines is 1. The molecule has 0 spiro atoms. The molecule has 3 rings (SSSR count). The first kappa shape index (κ1) is 17.8. The molecule has 1 atom stereocenters. The van der Waals surface area contributed by atoms with Crippen LogP contribution in [0.3, 0.4) is 0 Å². The molecule has 5 nitrogen and oxygen atoms in total. The quantitative estimate of drug-likeness (QED) is 0.844. The summed E-state index contributed by atoms with van der Waals surface area (Å²) in [6.45, 7) is 5.97. The molecule has 0 aliphatic carbocycles. The minimum atomic E-state index is 0.178. The molecule has 0 saturated carbocycles. The van der Waals surface area contributed by atoms with Gasteiger partial charge in [0.15, 0.2) is 0 Å². The number of hydrogen-bond acceptors (Lipinski definition) is 3. The van der Waals surface area contributed by atoms with Crippen molar-refractivity contribution in [3.63, 3.8) is 0 Å². The van der Waals surface area contributed by atoms with Crippen molar-refractivity contribution in [3.8, 4) is 0 Å². The summed E-state index contributed by atoms with van der Waals surface area (Å²) in [6.07, 6.45) is 4.25. The van der Waals surface area contributed by atoms with E-state index >= 15 is 0 Å². The number of piperazine rings is 1. The molecule has 0 bridgehead atoms. The van der Waals surface area contributed by atoms with E-state index in [2.05, 4.69) is 36.1 Å². The van der Waals surface area contributed by atoms with Gasteiger partial charge in [-0.05, 0) is 31.9 Å². The lowest BCUT2D eigenvalue weighted by Gasteiger charge is -2.41. The molecule has 136 valence electrons. The van der Waals surface area contributed by atoms with Gasteiger partial charge in [-0.15, -0.1) is 0 Å². The fraction of sp³-hybridized carbons (Fsp3) is 0.600. The van der Waals surface area contributed by atoms with Crippen molar-refractivity contribution in [2.24, 2.45) is 0 Å². The van der Waals surface area contributed by atoms with Gasteiger partial charge in [0, 0.05) is 57.3 Å². The van der Waals surface area contributed by atoms with E-state index in [1.807, 2.05) is 15.9 Å². The second kappa shape index (κ2) is 8.37. The van der Waals surface area contributed by atoms with Gasteiger partial charge >= 0.3 is 0 Å². The van der Waals surface area contributed by atoms with Crippen molar-refractivity contribution in [2.75, 3.05) is 37.6 Å². The molecular formula is C20H29N3O2. The maximum Gasteiger partial charge on any atom is 0.224 e.